The number of carbonyl (C=O) groups excluding carboxylic acids is 1. The lowest BCUT2D eigenvalue weighted by molar-refractivity contribution is 0.102. The van der Waals surface area contributed by atoms with Crippen LogP contribution in [-0.4, -0.2) is 11.0 Å². The molecular formula is C13H11FN2O2. The summed E-state index contributed by atoms with van der Waals surface area (Å²) in [5.74, 6) is -1.36. The van der Waals surface area contributed by atoms with Gasteiger partial charge in [0, 0.05) is 5.69 Å². The van der Waals surface area contributed by atoms with Gasteiger partial charge in [-0.2, -0.15) is 0 Å². The van der Waals surface area contributed by atoms with Crippen LogP contribution in [-0.2, 0) is 0 Å². The third-order valence-electron chi connectivity index (χ3n) is 2.39. The predicted octanol–water partition coefficient (Wildman–Crippen LogP) is 2.37. The van der Waals surface area contributed by atoms with Crippen molar-refractivity contribution in [1.29, 1.82) is 0 Å². The first kappa shape index (κ1) is 11.9. The number of phenolic OH excluding ortho intramolecular Hbond substituents is 1. The molecule has 0 heterocycles. The summed E-state index contributed by atoms with van der Waals surface area (Å²) in [5, 5.41) is 11.9. The van der Waals surface area contributed by atoms with E-state index in [1.807, 2.05) is 0 Å². The predicted molar refractivity (Wildman–Crippen MR) is 66.9 cm³/mol. The zero-order valence-corrected chi connectivity index (χ0v) is 9.35. The number of carbonyl (C=O) groups is 1. The second kappa shape index (κ2) is 4.75. The van der Waals surface area contributed by atoms with Gasteiger partial charge in [-0.1, -0.05) is 12.1 Å². The molecule has 0 bridgehead atoms. The van der Waals surface area contributed by atoms with E-state index in [0.717, 1.165) is 6.07 Å². The lowest BCUT2D eigenvalue weighted by Crippen LogP contribution is -2.13. The Labute approximate surface area is 103 Å². The Morgan fingerprint density at radius 3 is 2.67 bits per heavy atom. The average molecular weight is 246 g/mol. The Morgan fingerprint density at radius 1 is 1.22 bits per heavy atom. The van der Waals surface area contributed by atoms with Gasteiger partial charge in [0.05, 0.1) is 11.3 Å². The minimum absolute atomic E-state index is 0.0248. The van der Waals surface area contributed by atoms with E-state index in [9.17, 15) is 14.3 Å². The third-order valence-corrected chi connectivity index (χ3v) is 2.39. The van der Waals surface area contributed by atoms with E-state index in [1.165, 1.54) is 24.3 Å². The van der Waals surface area contributed by atoms with Gasteiger partial charge in [0.15, 0.2) is 0 Å². The summed E-state index contributed by atoms with van der Waals surface area (Å²) in [5.41, 5.74) is 5.89. The summed E-state index contributed by atoms with van der Waals surface area (Å²) in [4.78, 5) is 11.8. The molecule has 0 radical (unpaired) electrons. The van der Waals surface area contributed by atoms with E-state index in [2.05, 4.69) is 5.32 Å². The second-order valence-corrected chi connectivity index (χ2v) is 3.71. The highest BCUT2D eigenvalue weighted by molar-refractivity contribution is 6.06. The van der Waals surface area contributed by atoms with Crippen LogP contribution >= 0.6 is 0 Å². The smallest absolute Gasteiger partial charge is 0.259 e. The molecule has 2 aromatic rings. The van der Waals surface area contributed by atoms with E-state index in [4.69, 9.17) is 5.73 Å². The molecule has 0 fully saturated rings. The van der Waals surface area contributed by atoms with E-state index in [0.29, 0.717) is 5.69 Å². The fraction of sp³-hybridized carbons (Fsp3) is 0. The maximum atomic E-state index is 13.4. The summed E-state index contributed by atoms with van der Waals surface area (Å²) in [7, 11) is 0. The quantitative estimate of drug-likeness (QED) is 0.712. The number of hydrogen-bond donors (Lipinski definition) is 3. The first-order chi connectivity index (χ1) is 8.58. The monoisotopic (exact) mass is 246 g/mol. The maximum Gasteiger partial charge on any atom is 0.259 e. The largest absolute Gasteiger partial charge is 0.507 e. The summed E-state index contributed by atoms with van der Waals surface area (Å²) < 4.78 is 13.4. The maximum absolute atomic E-state index is 13.4. The third kappa shape index (κ3) is 2.40. The molecule has 4 nitrogen and oxygen atoms in total. The van der Waals surface area contributed by atoms with Crippen LogP contribution in [0.1, 0.15) is 10.4 Å². The molecule has 0 unspecified atom stereocenters. The lowest BCUT2D eigenvalue weighted by atomic mass is 10.2. The van der Waals surface area contributed by atoms with Crippen molar-refractivity contribution < 1.29 is 14.3 Å². The molecule has 0 aromatic heterocycles. The number of phenols is 1. The van der Waals surface area contributed by atoms with Crippen molar-refractivity contribution >= 4 is 17.3 Å². The minimum atomic E-state index is -0.599. The Bertz CT molecular complexity index is 599. The number of para-hydroxylation sites is 1. The van der Waals surface area contributed by atoms with Crippen LogP contribution in [0, 0.1) is 5.82 Å². The van der Waals surface area contributed by atoms with Crippen LogP contribution in [0.3, 0.4) is 0 Å². The first-order valence-electron chi connectivity index (χ1n) is 5.22. The molecule has 2 aromatic carbocycles. The molecule has 4 N–H and O–H groups in total. The second-order valence-electron chi connectivity index (χ2n) is 3.71. The SMILES string of the molecule is Nc1ccc(F)c(NC(=O)c2ccccc2O)c1. The lowest BCUT2D eigenvalue weighted by Gasteiger charge is -2.08. The summed E-state index contributed by atoms with van der Waals surface area (Å²) in [6.07, 6.45) is 0. The molecule has 2 rings (SSSR count). The number of halogens is 1. The Hall–Kier alpha value is -2.56. The van der Waals surface area contributed by atoms with Gasteiger partial charge in [0.25, 0.3) is 5.91 Å². The van der Waals surface area contributed by atoms with Crippen molar-refractivity contribution in [3.8, 4) is 5.75 Å². The Kier molecular flexibility index (Phi) is 3.14. The standard InChI is InChI=1S/C13H11FN2O2/c14-10-6-5-8(15)7-11(10)16-13(18)9-3-1-2-4-12(9)17/h1-7,17H,15H2,(H,16,18). The highest BCUT2D eigenvalue weighted by Gasteiger charge is 2.12. The molecule has 0 atom stereocenters. The Balaban J connectivity index is 2.27. The average Bonchev–Trinajstić information content (AvgIpc) is 2.34. The molecule has 0 saturated heterocycles. The number of anilines is 2. The van der Waals surface area contributed by atoms with E-state index < -0.39 is 11.7 Å². The van der Waals surface area contributed by atoms with Gasteiger partial charge in [-0.15, -0.1) is 0 Å². The molecule has 1 amide bonds. The summed E-state index contributed by atoms with van der Waals surface area (Å²) in [6, 6.07) is 9.88. The molecule has 0 aliphatic heterocycles. The number of benzene rings is 2. The van der Waals surface area contributed by atoms with E-state index >= 15 is 0 Å². The van der Waals surface area contributed by atoms with Crippen molar-refractivity contribution in [3.63, 3.8) is 0 Å². The highest BCUT2D eigenvalue weighted by Crippen LogP contribution is 2.21. The molecule has 92 valence electrons. The van der Waals surface area contributed by atoms with Crippen LogP contribution in [0.15, 0.2) is 42.5 Å². The van der Waals surface area contributed by atoms with Gasteiger partial charge in [-0.05, 0) is 30.3 Å². The number of nitrogen functional groups attached to an aromatic ring is 1. The number of nitrogens with one attached hydrogen (secondary N) is 1. The highest BCUT2D eigenvalue weighted by atomic mass is 19.1. The van der Waals surface area contributed by atoms with E-state index in [1.54, 1.807) is 12.1 Å². The zero-order valence-electron chi connectivity index (χ0n) is 9.35. The van der Waals surface area contributed by atoms with Gasteiger partial charge in [0.2, 0.25) is 0 Å². The summed E-state index contributed by atoms with van der Waals surface area (Å²) >= 11 is 0. The molecule has 0 spiro atoms. The van der Waals surface area contributed by atoms with Crippen molar-refractivity contribution in [2.45, 2.75) is 0 Å². The minimum Gasteiger partial charge on any atom is -0.507 e. The van der Waals surface area contributed by atoms with Crippen LogP contribution in [0.25, 0.3) is 0 Å². The number of aromatic hydroxyl groups is 1. The van der Waals surface area contributed by atoms with Gasteiger partial charge in [-0.3, -0.25) is 4.79 Å². The van der Waals surface area contributed by atoms with Crippen LogP contribution in [0.5, 0.6) is 5.75 Å². The molecule has 18 heavy (non-hydrogen) atoms. The number of rotatable bonds is 2. The van der Waals surface area contributed by atoms with Crippen LogP contribution in [0.2, 0.25) is 0 Å². The molecule has 0 saturated carbocycles. The zero-order chi connectivity index (χ0) is 13.1. The number of nitrogens with two attached hydrogens (primary N) is 1. The molecule has 5 heteroatoms. The number of hydrogen-bond acceptors (Lipinski definition) is 3. The Morgan fingerprint density at radius 2 is 1.94 bits per heavy atom. The van der Waals surface area contributed by atoms with Crippen molar-refractivity contribution in [2.75, 3.05) is 11.1 Å². The molecule has 0 aliphatic rings. The molecule has 0 aliphatic carbocycles. The van der Waals surface area contributed by atoms with Crippen molar-refractivity contribution in [1.82, 2.24) is 0 Å². The van der Waals surface area contributed by atoms with E-state index in [-0.39, 0.29) is 17.0 Å². The summed E-state index contributed by atoms with van der Waals surface area (Å²) in [6.45, 7) is 0. The van der Waals surface area contributed by atoms with Gasteiger partial charge in [-0.25, -0.2) is 4.39 Å². The first-order valence-corrected chi connectivity index (χ1v) is 5.22. The fourth-order valence-corrected chi connectivity index (χ4v) is 1.49. The van der Waals surface area contributed by atoms with Gasteiger partial charge >= 0.3 is 0 Å². The fourth-order valence-electron chi connectivity index (χ4n) is 1.49. The van der Waals surface area contributed by atoms with Gasteiger partial charge < -0.3 is 16.2 Å². The van der Waals surface area contributed by atoms with Crippen LogP contribution in [0.4, 0.5) is 15.8 Å². The topological polar surface area (TPSA) is 75.3 Å². The number of amides is 1. The van der Waals surface area contributed by atoms with Gasteiger partial charge in [0.1, 0.15) is 11.6 Å². The normalized spacial score (nSPS) is 10.1. The van der Waals surface area contributed by atoms with Crippen molar-refractivity contribution in [3.05, 3.63) is 53.8 Å². The van der Waals surface area contributed by atoms with Crippen molar-refractivity contribution in [2.24, 2.45) is 0 Å². The molecular weight excluding hydrogens is 235 g/mol. The van der Waals surface area contributed by atoms with Crippen LogP contribution < -0.4 is 11.1 Å².